The van der Waals surface area contributed by atoms with Crippen molar-refractivity contribution in [2.24, 2.45) is 10.5 Å². The summed E-state index contributed by atoms with van der Waals surface area (Å²) >= 11 is 0. The van der Waals surface area contributed by atoms with Gasteiger partial charge >= 0.3 is 0 Å². The van der Waals surface area contributed by atoms with Crippen LogP contribution in [0.2, 0.25) is 0 Å². The van der Waals surface area contributed by atoms with Crippen LogP contribution in [-0.4, -0.2) is 11.6 Å². The lowest BCUT2D eigenvalue weighted by Gasteiger charge is -2.19. The van der Waals surface area contributed by atoms with Crippen LogP contribution in [0.3, 0.4) is 0 Å². The Morgan fingerprint density at radius 3 is 1.90 bits per heavy atom. The lowest BCUT2D eigenvalue weighted by Crippen LogP contribution is -2.24. The van der Waals surface area contributed by atoms with Gasteiger partial charge in [0, 0.05) is 16.7 Å². The maximum Gasteiger partial charge on any atom is 0.271 e. The summed E-state index contributed by atoms with van der Waals surface area (Å²) < 4.78 is 0. The zero-order valence-corrected chi connectivity index (χ0v) is 13.7. The van der Waals surface area contributed by atoms with E-state index in [0.29, 0.717) is 5.56 Å². The van der Waals surface area contributed by atoms with Gasteiger partial charge in [0.15, 0.2) is 0 Å². The number of nitrogens with one attached hydrogen (secondary N) is 1. The molecule has 0 bridgehead atoms. The number of amides is 1. The minimum Gasteiger partial charge on any atom is -0.267 e. The highest BCUT2D eigenvalue weighted by Crippen LogP contribution is 2.22. The third-order valence-corrected chi connectivity index (χ3v) is 3.42. The molecule has 0 fully saturated rings. The monoisotopic (exact) mass is 274 g/mol. The Kier molecular flexibility index (Phi) is 4.74. The molecule has 3 heteroatoms. The van der Waals surface area contributed by atoms with E-state index >= 15 is 0 Å². The molecule has 0 radical (unpaired) electrons. The van der Waals surface area contributed by atoms with E-state index in [1.165, 1.54) is 5.56 Å². The van der Waals surface area contributed by atoms with E-state index in [-0.39, 0.29) is 16.7 Å². The summed E-state index contributed by atoms with van der Waals surface area (Å²) in [5.74, 6) is -0.172. The number of rotatable bonds is 2. The largest absolute Gasteiger partial charge is 0.271 e. The van der Waals surface area contributed by atoms with Gasteiger partial charge in [-0.2, -0.15) is 5.10 Å². The summed E-state index contributed by atoms with van der Waals surface area (Å²) in [5, 5.41) is 4.16. The maximum absolute atomic E-state index is 12.0. The lowest BCUT2D eigenvalue weighted by atomic mass is 9.87. The Labute approximate surface area is 122 Å². The molecule has 1 N–H and O–H groups in total. The molecule has 1 rings (SSSR count). The second-order valence-corrected chi connectivity index (χ2v) is 7.22. The highest BCUT2D eigenvalue weighted by Gasteiger charge is 2.16. The first-order valence-corrected chi connectivity index (χ1v) is 6.97. The second kappa shape index (κ2) is 5.78. The zero-order valence-electron chi connectivity index (χ0n) is 13.7. The summed E-state index contributed by atoms with van der Waals surface area (Å²) in [6, 6.07) is 7.68. The number of nitrogens with zero attached hydrogens (tertiary/aromatic N) is 1. The van der Waals surface area contributed by atoms with Crippen molar-refractivity contribution in [2.75, 3.05) is 0 Å². The van der Waals surface area contributed by atoms with Gasteiger partial charge in [-0.1, -0.05) is 53.7 Å². The lowest BCUT2D eigenvalue weighted by molar-refractivity contribution is 0.0954. The van der Waals surface area contributed by atoms with Gasteiger partial charge in [0.25, 0.3) is 5.91 Å². The molecule has 0 aliphatic rings. The fourth-order valence-corrected chi connectivity index (χ4v) is 1.49. The molecule has 110 valence electrons. The molecule has 1 aromatic rings. The van der Waals surface area contributed by atoms with Crippen molar-refractivity contribution < 1.29 is 4.79 Å². The summed E-state index contributed by atoms with van der Waals surface area (Å²) in [5.41, 5.74) is 5.41. The van der Waals surface area contributed by atoms with Crippen LogP contribution in [-0.2, 0) is 5.41 Å². The van der Waals surface area contributed by atoms with E-state index in [2.05, 4.69) is 52.1 Å². The molecule has 0 aromatic heterocycles. The van der Waals surface area contributed by atoms with Crippen molar-refractivity contribution in [3.05, 3.63) is 35.4 Å². The van der Waals surface area contributed by atoms with Crippen LogP contribution in [0.4, 0.5) is 0 Å². The summed E-state index contributed by atoms with van der Waals surface area (Å²) in [6.07, 6.45) is 0. The topological polar surface area (TPSA) is 41.5 Å². The standard InChI is InChI=1S/C17H26N2O/c1-12(16(2,3)4)18-19-15(20)13-8-10-14(11-9-13)17(5,6)7/h8-11H,1-7H3,(H,19,20)/b18-12-. The molecule has 20 heavy (non-hydrogen) atoms. The van der Waals surface area contributed by atoms with Gasteiger partial charge in [-0.3, -0.25) is 4.79 Å². The van der Waals surface area contributed by atoms with E-state index in [0.717, 1.165) is 5.71 Å². The summed E-state index contributed by atoms with van der Waals surface area (Å²) in [7, 11) is 0. The number of carbonyl (C=O) groups is 1. The predicted molar refractivity (Wildman–Crippen MR) is 85.2 cm³/mol. The zero-order chi connectivity index (χ0) is 15.6. The molecule has 0 aliphatic carbocycles. The van der Waals surface area contributed by atoms with Crippen LogP contribution >= 0.6 is 0 Å². The second-order valence-electron chi connectivity index (χ2n) is 7.22. The molecule has 0 saturated carbocycles. The highest BCUT2D eigenvalue weighted by molar-refractivity contribution is 5.95. The molecular formula is C17H26N2O. The van der Waals surface area contributed by atoms with Crippen molar-refractivity contribution in [1.82, 2.24) is 5.43 Å². The number of hydrazone groups is 1. The van der Waals surface area contributed by atoms with Crippen molar-refractivity contribution in [2.45, 2.75) is 53.9 Å². The molecule has 0 aliphatic heterocycles. The van der Waals surface area contributed by atoms with Crippen molar-refractivity contribution in [3.8, 4) is 0 Å². The smallest absolute Gasteiger partial charge is 0.267 e. The molecule has 0 heterocycles. The van der Waals surface area contributed by atoms with Crippen LogP contribution in [0.5, 0.6) is 0 Å². The van der Waals surface area contributed by atoms with E-state index in [1.807, 2.05) is 31.2 Å². The fourth-order valence-electron chi connectivity index (χ4n) is 1.49. The Morgan fingerprint density at radius 1 is 1.00 bits per heavy atom. The van der Waals surface area contributed by atoms with Crippen molar-refractivity contribution in [3.63, 3.8) is 0 Å². The molecular weight excluding hydrogens is 248 g/mol. The highest BCUT2D eigenvalue weighted by atomic mass is 16.2. The molecule has 1 aromatic carbocycles. The molecule has 0 unspecified atom stereocenters. The Hall–Kier alpha value is -1.64. The molecule has 3 nitrogen and oxygen atoms in total. The van der Waals surface area contributed by atoms with Gasteiger partial charge < -0.3 is 0 Å². The number of carbonyl (C=O) groups excluding carboxylic acids is 1. The minimum atomic E-state index is -0.172. The minimum absolute atomic E-state index is 0.0383. The van der Waals surface area contributed by atoms with E-state index in [4.69, 9.17) is 0 Å². The van der Waals surface area contributed by atoms with Crippen LogP contribution < -0.4 is 5.43 Å². The van der Waals surface area contributed by atoms with E-state index in [9.17, 15) is 4.79 Å². The summed E-state index contributed by atoms with van der Waals surface area (Å²) in [4.78, 5) is 12.0. The summed E-state index contributed by atoms with van der Waals surface area (Å²) in [6.45, 7) is 14.6. The third-order valence-electron chi connectivity index (χ3n) is 3.42. The van der Waals surface area contributed by atoms with Gasteiger partial charge in [0.1, 0.15) is 0 Å². The molecule has 0 atom stereocenters. The van der Waals surface area contributed by atoms with E-state index in [1.54, 1.807) is 0 Å². The van der Waals surface area contributed by atoms with Gasteiger partial charge in [-0.15, -0.1) is 0 Å². The van der Waals surface area contributed by atoms with Crippen LogP contribution in [0, 0.1) is 5.41 Å². The predicted octanol–water partition coefficient (Wildman–Crippen LogP) is 4.14. The molecule has 0 spiro atoms. The fraction of sp³-hybridized carbons (Fsp3) is 0.529. The SMILES string of the molecule is C/C(=N/NC(=O)c1ccc(C(C)(C)C)cc1)C(C)(C)C. The van der Waals surface area contributed by atoms with Crippen molar-refractivity contribution >= 4 is 11.6 Å². The van der Waals surface area contributed by atoms with E-state index < -0.39 is 0 Å². The average molecular weight is 274 g/mol. The van der Waals surface area contributed by atoms with Gasteiger partial charge in [0.05, 0.1) is 0 Å². The Balaban J connectivity index is 2.80. The Morgan fingerprint density at radius 2 is 1.50 bits per heavy atom. The van der Waals surface area contributed by atoms with Gasteiger partial charge in [-0.05, 0) is 30.0 Å². The Bertz CT molecular complexity index is 499. The quantitative estimate of drug-likeness (QED) is 0.639. The van der Waals surface area contributed by atoms with Crippen LogP contribution in [0.1, 0.15) is 64.4 Å². The first-order chi connectivity index (χ1) is 9.01. The van der Waals surface area contributed by atoms with Gasteiger partial charge in [-0.25, -0.2) is 5.43 Å². The number of hydrogen-bond donors (Lipinski definition) is 1. The molecule has 0 saturated heterocycles. The van der Waals surface area contributed by atoms with Gasteiger partial charge in [0.2, 0.25) is 0 Å². The van der Waals surface area contributed by atoms with Crippen molar-refractivity contribution in [1.29, 1.82) is 0 Å². The first-order valence-electron chi connectivity index (χ1n) is 6.97. The average Bonchev–Trinajstić information content (AvgIpc) is 2.33. The molecule has 1 amide bonds. The first kappa shape index (κ1) is 16.4. The normalized spacial score (nSPS) is 13.2. The number of hydrogen-bond acceptors (Lipinski definition) is 2. The number of benzene rings is 1. The maximum atomic E-state index is 12.0. The third kappa shape index (κ3) is 4.48. The van der Waals surface area contributed by atoms with Crippen LogP contribution in [0.15, 0.2) is 29.4 Å². The van der Waals surface area contributed by atoms with Crippen LogP contribution in [0.25, 0.3) is 0 Å².